The lowest BCUT2D eigenvalue weighted by molar-refractivity contribution is -0.0408. The van der Waals surface area contributed by atoms with Crippen molar-refractivity contribution in [1.82, 2.24) is 29.7 Å². The predicted octanol–water partition coefficient (Wildman–Crippen LogP) is 3.41. The molecule has 234 valence electrons. The molecule has 3 heterocycles. The Kier molecular flexibility index (Phi) is 7.77. The van der Waals surface area contributed by atoms with E-state index in [1.54, 1.807) is 21.9 Å². The molecule has 0 bridgehead atoms. The second-order valence-electron chi connectivity index (χ2n) is 12.0. The van der Waals surface area contributed by atoms with E-state index in [-0.39, 0.29) is 30.5 Å². The molecule has 11 heteroatoms. The molecule has 0 spiro atoms. The molecule has 2 amide bonds. The molecule has 1 aliphatic heterocycles. The van der Waals surface area contributed by atoms with Gasteiger partial charge in [-0.05, 0) is 59.4 Å². The van der Waals surface area contributed by atoms with Gasteiger partial charge in [-0.3, -0.25) is 0 Å². The summed E-state index contributed by atoms with van der Waals surface area (Å²) < 4.78 is 0. The van der Waals surface area contributed by atoms with Gasteiger partial charge in [-0.25, -0.2) is 14.4 Å². The van der Waals surface area contributed by atoms with Gasteiger partial charge in [0.15, 0.2) is 0 Å². The Balaban J connectivity index is 1.32. The van der Waals surface area contributed by atoms with E-state index < -0.39 is 24.3 Å². The number of nitrogens with zero attached hydrogens (tertiary/aromatic N) is 2. The average Bonchev–Trinajstić information content (AvgIpc) is 3.62. The Morgan fingerprint density at radius 2 is 0.891 bits per heavy atom. The van der Waals surface area contributed by atoms with Gasteiger partial charge in [0.05, 0.1) is 34.2 Å². The maximum Gasteiger partial charge on any atom is 0.323 e. The van der Waals surface area contributed by atoms with Crippen LogP contribution in [-0.2, 0) is 25.9 Å². The summed E-state index contributed by atoms with van der Waals surface area (Å²) in [5.41, 5.74) is 5.20. The highest BCUT2D eigenvalue weighted by Gasteiger charge is 2.46. The number of aliphatic hydroxyl groups is 2. The molecule has 0 radical (unpaired) electrons. The van der Waals surface area contributed by atoms with Gasteiger partial charge in [-0.1, -0.05) is 72.8 Å². The molecule has 7 rings (SSSR count). The summed E-state index contributed by atoms with van der Waals surface area (Å²) in [7, 11) is 0. The van der Waals surface area contributed by atoms with Crippen LogP contribution in [0.5, 0.6) is 0 Å². The molecule has 4 aromatic carbocycles. The van der Waals surface area contributed by atoms with Crippen molar-refractivity contribution in [3.8, 4) is 0 Å². The van der Waals surface area contributed by atoms with Crippen molar-refractivity contribution in [2.75, 3.05) is 0 Å². The van der Waals surface area contributed by atoms with Crippen molar-refractivity contribution in [3.63, 3.8) is 0 Å². The van der Waals surface area contributed by atoms with E-state index in [2.05, 4.69) is 19.9 Å². The fraction of sp³-hybridized carbons (Fsp3) is 0.229. The lowest BCUT2D eigenvalue weighted by Gasteiger charge is -2.36. The van der Waals surface area contributed by atoms with E-state index in [0.717, 1.165) is 22.3 Å². The number of hydrogen-bond donors (Lipinski definition) is 6. The van der Waals surface area contributed by atoms with Gasteiger partial charge in [0.2, 0.25) is 0 Å². The monoisotopic (exact) mass is 618 g/mol. The minimum Gasteiger partial charge on any atom is -0.388 e. The van der Waals surface area contributed by atoms with Crippen LogP contribution in [0.25, 0.3) is 22.1 Å². The highest BCUT2D eigenvalue weighted by atomic mass is 16.3. The number of nitrogens with one attached hydrogen (secondary N) is 4. The Bertz CT molecular complexity index is 1950. The molecule has 2 aromatic heterocycles. The van der Waals surface area contributed by atoms with Crippen molar-refractivity contribution in [1.29, 1.82) is 0 Å². The average molecular weight is 619 g/mol. The maximum atomic E-state index is 14.9. The number of fused-ring (bicyclic) bond motifs is 2. The summed E-state index contributed by atoms with van der Waals surface area (Å²) in [6.07, 6.45) is -1.92. The topological polar surface area (TPSA) is 161 Å². The van der Waals surface area contributed by atoms with Gasteiger partial charge in [-0.2, -0.15) is 0 Å². The van der Waals surface area contributed by atoms with Crippen LogP contribution >= 0.6 is 0 Å². The number of carbonyl (C=O) groups excluding carboxylic acids is 1. The van der Waals surface area contributed by atoms with E-state index in [9.17, 15) is 24.6 Å². The lowest BCUT2D eigenvalue weighted by Crippen LogP contribution is -2.50. The van der Waals surface area contributed by atoms with Gasteiger partial charge in [0.25, 0.3) is 0 Å². The smallest absolute Gasteiger partial charge is 0.323 e. The summed E-state index contributed by atoms with van der Waals surface area (Å²) in [5, 5.41) is 23.9. The minimum absolute atomic E-state index is 0.127. The molecule has 0 unspecified atom stereocenters. The molecule has 6 N–H and O–H groups in total. The second kappa shape index (κ2) is 12.2. The van der Waals surface area contributed by atoms with Gasteiger partial charge in [0, 0.05) is 13.1 Å². The molecule has 11 nitrogen and oxygen atoms in total. The Labute approximate surface area is 263 Å². The largest absolute Gasteiger partial charge is 0.388 e. The molecule has 0 saturated carbocycles. The first-order valence-corrected chi connectivity index (χ1v) is 15.3. The number of rotatable bonds is 8. The molecular weight excluding hydrogens is 584 g/mol. The van der Waals surface area contributed by atoms with Crippen molar-refractivity contribution in [2.45, 2.75) is 50.2 Å². The van der Waals surface area contributed by atoms with Crippen LogP contribution in [-0.4, -0.2) is 70.3 Å². The molecular formula is C35H34N6O5. The number of hydrogen-bond acceptors (Lipinski definition) is 5. The van der Waals surface area contributed by atoms with Gasteiger partial charge < -0.3 is 39.9 Å². The number of aliphatic hydroxyl groups excluding tert-OH is 2. The second-order valence-corrected chi connectivity index (χ2v) is 12.0. The first-order valence-electron chi connectivity index (χ1n) is 15.3. The third-order valence-electron chi connectivity index (χ3n) is 8.87. The normalized spacial score (nSPS) is 20.4. The van der Waals surface area contributed by atoms with Crippen LogP contribution in [0, 0.1) is 0 Å². The zero-order valence-corrected chi connectivity index (χ0v) is 24.9. The third kappa shape index (κ3) is 5.85. The van der Waals surface area contributed by atoms with E-state index >= 15 is 0 Å². The number of amides is 2. The van der Waals surface area contributed by atoms with Gasteiger partial charge in [0.1, 0.15) is 12.2 Å². The van der Waals surface area contributed by atoms with Crippen LogP contribution in [0.2, 0.25) is 0 Å². The van der Waals surface area contributed by atoms with Crippen molar-refractivity contribution in [3.05, 3.63) is 140 Å². The summed E-state index contributed by atoms with van der Waals surface area (Å²) in [5.74, 6) is 0. The summed E-state index contributed by atoms with van der Waals surface area (Å²) in [4.78, 5) is 53.1. The van der Waals surface area contributed by atoms with Crippen LogP contribution in [0.1, 0.15) is 22.3 Å². The molecule has 0 aliphatic carbocycles. The van der Waals surface area contributed by atoms with Crippen molar-refractivity contribution < 1.29 is 15.0 Å². The number of H-pyrrole nitrogens is 4. The van der Waals surface area contributed by atoms with Crippen molar-refractivity contribution >= 4 is 28.1 Å². The van der Waals surface area contributed by atoms with E-state index in [0.29, 0.717) is 34.9 Å². The number of aromatic amines is 4. The number of benzene rings is 4. The molecule has 1 fully saturated rings. The SMILES string of the molecule is O=C1N(Cc2ccc3[nH]c(=O)[nH]c3c2)[C@H](Cc2ccccc2)[C@H](O)[C@@H](O)[C@@H](Cc2ccccc2)N1Cc1ccc2[nH]c(=O)[nH]c2c1. The zero-order chi connectivity index (χ0) is 31.8. The Morgan fingerprint density at radius 3 is 1.30 bits per heavy atom. The van der Waals surface area contributed by atoms with Crippen molar-refractivity contribution in [2.24, 2.45) is 0 Å². The predicted molar refractivity (Wildman–Crippen MR) is 174 cm³/mol. The van der Waals surface area contributed by atoms with Crippen LogP contribution in [0.3, 0.4) is 0 Å². The van der Waals surface area contributed by atoms with E-state index in [1.807, 2.05) is 84.9 Å². The number of urea groups is 1. The van der Waals surface area contributed by atoms with Crippen LogP contribution < -0.4 is 11.4 Å². The molecule has 6 aromatic rings. The first kappa shape index (κ1) is 29.3. The van der Waals surface area contributed by atoms with E-state index in [4.69, 9.17) is 0 Å². The summed E-state index contributed by atoms with van der Waals surface area (Å²) in [6.45, 7) is 0.254. The standard InChI is InChI=1S/C35H34N6O5/c42-31-29(17-21-7-3-1-4-8-21)40(19-23-11-13-25-27(15-23)38-33(44)36-25)35(46)41(30(32(31)43)18-22-9-5-2-6-10-22)20-24-12-14-26-28(16-24)39-34(45)37-26/h1-16,29-32,42-43H,17-20H2,(H2,36,38,44)(H2,37,39,45)/t29-,30-,31+,32+/m1/s1. The number of carbonyl (C=O) groups is 1. The van der Waals surface area contributed by atoms with Gasteiger partial charge in [-0.15, -0.1) is 0 Å². The molecule has 1 aliphatic rings. The van der Waals surface area contributed by atoms with Crippen LogP contribution in [0.4, 0.5) is 4.79 Å². The highest BCUT2D eigenvalue weighted by Crippen LogP contribution is 2.30. The van der Waals surface area contributed by atoms with E-state index in [1.165, 1.54) is 0 Å². The maximum absolute atomic E-state index is 14.9. The third-order valence-corrected chi connectivity index (χ3v) is 8.87. The fourth-order valence-electron chi connectivity index (χ4n) is 6.56. The molecule has 46 heavy (non-hydrogen) atoms. The first-order chi connectivity index (χ1) is 22.3. The van der Waals surface area contributed by atoms with Crippen LogP contribution in [0.15, 0.2) is 107 Å². The molecule has 1 saturated heterocycles. The quantitative estimate of drug-likeness (QED) is 0.154. The zero-order valence-electron chi connectivity index (χ0n) is 24.9. The Hall–Kier alpha value is -5.39. The summed E-state index contributed by atoms with van der Waals surface area (Å²) in [6, 6.07) is 28.2. The number of imidazole rings is 2. The summed E-state index contributed by atoms with van der Waals surface area (Å²) >= 11 is 0. The number of aromatic nitrogens is 4. The minimum atomic E-state index is -1.28. The lowest BCUT2D eigenvalue weighted by atomic mass is 9.91. The highest BCUT2D eigenvalue weighted by molar-refractivity contribution is 5.78. The van der Waals surface area contributed by atoms with Gasteiger partial charge >= 0.3 is 17.4 Å². The Morgan fingerprint density at radius 1 is 0.500 bits per heavy atom. The molecule has 4 atom stereocenters. The fourth-order valence-corrected chi connectivity index (χ4v) is 6.56.